The molecule has 27 heavy (non-hydrogen) atoms. The second kappa shape index (κ2) is 8.78. The largest absolute Gasteiger partial charge is 0.741 e. The lowest BCUT2D eigenvalue weighted by atomic mass is 10.1. The van der Waals surface area contributed by atoms with Gasteiger partial charge in [-0.15, -0.1) is 13.2 Å². The Morgan fingerprint density at radius 1 is 1.04 bits per heavy atom. The zero-order valence-corrected chi connectivity index (χ0v) is 16.1. The zero-order valence-electron chi connectivity index (χ0n) is 14.4. The summed E-state index contributed by atoms with van der Waals surface area (Å²) >= 11 is 0. The minimum atomic E-state index is -6.09. The Morgan fingerprint density at radius 3 is 2.00 bits per heavy atom. The molecule has 1 heterocycles. The maximum atomic E-state index is 13.3. The fraction of sp³-hybridized carbons (Fsp3) is 0.500. The second-order valence-corrected chi connectivity index (χ2v) is 9.00. The van der Waals surface area contributed by atoms with Crippen LogP contribution < -0.4 is 0 Å². The Balaban J connectivity index is 0.000000387. The first-order valence-corrected chi connectivity index (χ1v) is 10.5. The van der Waals surface area contributed by atoms with E-state index in [9.17, 15) is 26.3 Å². The number of alkyl halides is 6. The van der Waals surface area contributed by atoms with Gasteiger partial charge < -0.3 is 4.55 Å². The molecule has 0 saturated heterocycles. The number of fused-ring (bicyclic) bond motifs is 1. The Kier molecular flexibility index (Phi) is 7.71. The predicted molar refractivity (Wildman–Crippen MR) is 91.5 cm³/mol. The molecule has 0 aliphatic rings. The molecule has 3 nitrogen and oxygen atoms in total. The van der Waals surface area contributed by atoms with Gasteiger partial charge in [-0.1, -0.05) is 26.3 Å². The molecule has 0 amide bonds. The van der Waals surface area contributed by atoms with Crippen LogP contribution in [0.4, 0.5) is 26.3 Å². The Morgan fingerprint density at radius 2 is 1.59 bits per heavy atom. The van der Waals surface area contributed by atoms with Crippen LogP contribution in [-0.4, -0.2) is 18.5 Å². The minimum Gasteiger partial charge on any atom is -0.741 e. The number of hydrogen-bond donors (Lipinski definition) is 0. The summed E-state index contributed by atoms with van der Waals surface area (Å²) in [5.41, 5.74) is -8.82. The third kappa shape index (κ3) is 6.35. The van der Waals surface area contributed by atoms with Crippen LogP contribution >= 0.6 is 10.5 Å². The third-order valence-corrected chi connectivity index (χ3v) is 6.25. The van der Waals surface area contributed by atoms with Crippen molar-refractivity contribution < 1.29 is 39.3 Å². The van der Waals surface area contributed by atoms with Crippen molar-refractivity contribution in [1.29, 1.82) is 0 Å². The van der Waals surface area contributed by atoms with Crippen LogP contribution in [0.5, 0.6) is 0 Å². The Hall–Kier alpha value is -1.33. The molecule has 154 valence electrons. The van der Waals surface area contributed by atoms with E-state index in [-0.39, 0.29) is 0 Å². The first-order valence-electron chi connectivity index (χ1n) is 7.89. The highest BCUT2D eigenvalue weighted by atomic mass is 32.2. The normalized spacial score (nSPS) is 13.4. The van der Waals surface area contributed by atoms with Crippen LogP contribution in [0.25, 0.3) is 10.1 Å². The van der Waals surface area contributed by atoms with Gasteiger partial charge in [0.1, 0.15) is 0 Å². The van der Waals surface area contributed by atoms with Gasteiger partial charge in [0, 0.05) is 23.9 Å². The molecule has 2 rings (SSSR count). The van der Waals surface area contributed by atoms with E-state index in [1.165, 1.54) is 0 Å². The molecule has 0 bridgehead atoms. The highest BCUT2D eigenvalue weighted by Gasteiger charge is 2.47. The number of halogens is 6. The minimum absolute atomic E-state index is 0.470. The fourth-order valence-corrected chi connectivity index (χ4v) is 4.32. The third-order valence-electron chi connectivity index (χ3n) is 3.58. The summed E-state index contributed by atoms with van der Waals surface area (Å²) in [6, 6.07) is 7.25. The molecular formula is C16H18F6O3S2. The summed E-state index contributed by atoms with van der Waals surface area (Å²) in [7, 11) is -7.80. The van der Waals surface area contributed by atoms with E-state index >= 15 is 0 Å². The second-order valence-electron chi connectivity index (χ2n) is 5.59. The number of aryl methyl sites for hydroxylation is 2. The number of unbranched alkanes of at least 4 members (excludes halogenated alkanes) is 1. The molecule has 11 heteroatoms. The Labute approximate surface area is 155 Å². The smallest absolute Gasteiger partial charge is 0.600 e. The van der Waals surface area contributed by atoms with Crippen LogP contribution in [0.1, 0.15) is 37.1 Å². The van der Waals surface area contributed by atoms with Gasteiger partial charge in [0.25, 0.3) is 0 Å². The molecule has 0 fully saturated rings. The van der Waals surface area contributed by atoms with Crippen LogP contribution in [-0.2, 0) is 28.5 Å². The van der Waals surface area contributed by atoms with Crippen LogP contribution in [0.15, 0.2) is 24.3 Å². The molecule has 0 saturated carbocycles. The summed E-state index contributed by atoms with van der Waals surface area (Å²) in [6.45, 7) is 3.97. The van der Waals surface area contributed by atoms with Crippen molar-refractivity contribution in [3.8, 4) is 0 Å². The average molecular weight is 436 g/mol. The average Bonchev–Trinajstić information content (AvgIpc) is 2.88. The molecule has 0 radical (unpaired) electrons. The zero-order chi connectivity index (χ0) is 21.0. The summed E-state index contributed by atoms with van der Waals surface area (Å²) in [5, 5.41) is 0.754. The molecule has 1 aromatic carbocycles. The highest BCUT2D eigenvalue weighted by molar-refractivity contribution is 7.86. The van der Waals surface area contributed by atoms with Gasteiger partial charge in [-0.25, -0.2) is 8.42 Å². The van der Waals surface area contributed by atoms with Gasteiger partial charge in [-0.2, -0.15) is 13.2 Å². The summed E-state index contributed by atoms with van der Waals surface area (Å²) in [5.74, 6) is 0. The SMILES string of the molecule is CCCCc1cc2ccc(CC)cc2[s+]1C(F)(F)F.O=S(=O)([O-])C(F)(F)F. The van der Waals surface area contributed by atoms with Crippen molar-refractivity contribution in [3.05, 3.63) is 34.7 Å². The van der Waals surface area contributed by atoms with Gasteiger partial charge >= 0.3 is 11.0 Å². The van der Waals surface area contributed by atoms with Crippen molar-refractivity contribution >= 4 is 30.7 Å². The van der Waals surface area contributed by atoms with E-state index in [1.807, 2.05) is 26.0 Å². The lowest BCUT2D eigenvalue weighted by Gasteiger charge is -2.08. The van der Waals surface area contributed by atoms with E-state index in [1.54, 1.807) is 12.1 Å². The van der Waals surface area contributed by atoms with E-state index in [0.717, 1.165) is 30.2 Å². The molecule has 0 N–H and O–H groups in total. The van der Waals surface area contributed by atoms with E-state index in [4.69, 9.17) is 13.0 Å². The molecule has 1 atom stereocenters. The molecule has 1 aromatic heterocycles. The number of thiophene rings is 1. The number of benzene rings is 1. The van der Waals surface area contributed by atoms with Gasteiger partial charge in [0.2, 0.25) is 0 Å². The number of hydrogen-bond acceptors (Lipinski definition) is 3. The lowest BCUT2D eigenvalue weighted by Crippen LogP contribution is -2.21. The van der Waals surface area contributed by atoms with Crippen molar-refractivity contribution in [1.82, 2.24) is 0 Å². The van der Waals surface area contributed by atoms with E-state index < -0.39 is 31.6 Å². The van der Waals surface area contributed by atoms with Crippen LogP contribution in [0, 0.1) is 0 Å². The van der Waals surface area contributed by atoms with Crippen molar-refractivity contribution in [2.45, 2.75) is 50.5 Å². The van der Waals surface area contributed by atoms with Gasteiger partial charge in [-0.3, -0.25) is 0 Å². The fourth-order valence-electron chi connectivity index (χ4n) is 2.27. The molecule has 2 aromatic rings. The first kappa shape index (κ1) is 23.7. The first-order chi connectivity index (χ1) is 12.2. The molecule has 0 aliphatic heterocycles. The number of rotatable bonds is 4. The lowest BCUT2D eigenvalue weighted by molar-refractivity contribution is -0.0867. The molecule has 1 unspecified atom stereocenters. The standard InChI is InChI=1S/C15H18F3S.CHF3O3S/c1-3-5-6-13-10-12-8-7-11(4-2)9-14(12)19(13)15(16,17)18;2-1(3,4)8(5,6)7/h7-10H,3-6H2,1-2H3;(H,5,6,7)/q+1;/p-1. The molecular weight excluding hydrogens is 418 g/mol. The van der Waals surface area contributed by atoms with Crippen LogP contribution in [0.3, 0.4) is 0 Å². The van der Waals surface area contributed by atoms with Crippen molar-refractivity contribution in [3.63, 3.8) is 0 Å². The van der Waals surface area contributed by atoms with Gasteiger partial charge in [0.05, 0.1) is 10.5 Å². The van der Waals surface area contributed by atoms with Crippen molar-refractivity contribution in [2.24, 2.45) is 0 Å². The maximum absolute atomic E-state index is 13.3. The van der Waals surface area contributed by atoms with E-state index in [2.05, 4.69) is 0 Å². The van der Waals surface area contributed by atoms with Crippen molar-refractivity contribution in [2.75, 3.05) is 0 Å². The maximum Gasteiger partial charge on any atom is 0.600 e. The molecule has 0 spiro atoms. The predicted octanol–water partition coefficient (Wildman–Crippen LogP) is 6.02. The Bertz CT molecular complexity index is 867. The monoisotopic (exact) mass is 436 g/mol. The summed E-state index contributed by atoms with van der Waals surface area (Å²) < 4.78 is 99.3. The highest BCUT2D eigenvalue weighted by Crippen LogP contribution is 2.51. The van der Waals surface area contributed by atoms with E-state index in [0.29, 0.717) is 16.0 Å². The summed E-state index contributed by atoms with van der Waals surface area (Å²) in [4.78, 5) is 0.553. The summed E-state index contributed by atoms with van der Waals surface area (Å²) in [6.07, 6.45) is 3.06. The van der Waals surface area contributed by atoms with Crippen LogP contribution in [0.2, 0.25) is 0 Å². The molecule has 0 aliphatic carbocycles. The van der Waals surface area contributed by atoms with Gasteiger partial charge in [0.15, 0.2) is 19.7 Å². The topological polar surface area (TPSA) is 57.2 Å². The van der Waals surface area contributed by atoms with Gasteiger partial charge in [-0.05, 0) is 24.5 Å². The quantitative estimate of drug-likeness (QED) is 0.255.